The van der Waals surface area contributed by atoms with Crippen molar-refractivity contribution in [3.63, 3.8) is 0 Å². The summed E-state index contributed by atoms with van der Waals surface area (Å²) in [5, 5.41) is 6.43. The van der Waals surface area contributed by atoms with Gasteiger partial charge in [0.15, 0.2) is 12.0 Å². The summed E-state index contributed by atoms with van der Waals surface area (Å²) in [6.07, 6.45) is 2.19. The highest BCUT2D eigenvalue weighted by Crippen LogP contribution is 2.44. The Morgan fingerprint density at radius 2 is 1.32 bits per heavy atom. The Bertz CT molecular complexity index is 2170. The van der Waals surface area contributed by atoms with Crippen molar-refractivity contribution in [1.29, 1.82) is 0 Å². The minimum absolute atomic E-state index is 0.196. The van der Waals surface area contributed by atoms with Crippen LogP contribution in [0.2, 0.25) is 0 Å². The highest BCUT2D eigenvalue weighted by molar-refractivity contribution is 6.27. The summed E-state index contributed by atoms with van der Waals surface area (Å²) >= 11 is 0. The Balaban J connectivity index is 1.73. The number of aromatic nitrogens is 5. The molecule has 5 heteroatoms. The number of benzene rings is 3. The molecular formula is C36H38N5+. The molecule has 7 aromatic rings. The number of nitrogens with zero attached hydrogens (tertiary/aromatic N) is 5. The van der Waals surface area contributed by atoms with E-state index in [4.69, 9.17) is 15.0 Å². The van der Waals surface area contributed by atoms with Crippen LogP contribution in [-0.2, 0) is 17.9 Å². The molecule has 4 aromatic heterocycles. The third-order valence-corrected chi connectivity index (χ3v) is 8.91. The summed E-state index contributed by atoms with van der Waals surface area (Å²) in [6.45, 7) is 19.8. The van der Waals surface area contributed by atoms with Gasteiger partial charge in [-0.2, -0.15) is 0 Å². The summed E-state index contributed by atoms with van der Waals surface area (Å²) in [5.74, 6) is 2.38. The smallest absolute Gasteiger partial charge is 0.224 e. The largest absolute Gasteiger partial charge is 0.307 e. The Morgan fingerprint density at radius 3 is 1.98 bits per heavy atom. The molecule has 0 amide bonds. The zero-order valence-electron chi connectivity index (χ0n) is 25.9. The van der Waals surface area contributed by atoms with E-state index in [9.17, 15) is 0 Å². The number of hydrogen-bond acceptors (Lipinski definition) is 3. The van der Waals surface area contributed by atoms with Crippen LogP contribution in [-0.4, -0.2) is 19.4 Å². The molecule has 5 nitrogen and oxygen atoms in total. The zero-order chi connectivity index (χ0) is 29.2. The lowest BCUT2D eigenvalue weighted by molar-refractivity contribution is -0.643. The lowest BCUT2D eigenvalue weighted by atomic mass is 9.92. The van der Waals surface area contributed by atoms with Crippen LogP contribution in [0.4, 0.5) is 0 Å². The molecule has 3 aromatic carbocycles. The minimum atomic E-state index is -0.196. The molecule has 41 heavy (non-hydrogen) atoms. The second-order valence-corrected chi connectivity index (χ2v) is 13.9. The van der Waals surface area contributed by atoms with Crippen molar-refractivity contribution >= 4 is 49.0 Å². The summed E-state index contributed by atoms with van der Waals surface area (Å²) in [5.41, 5.74) is 9.66. The molecule has 0 bridgehead atoms. The van der Waals surface area contributed by atoms with Gasteiger partial charge in [0, 0.05) is 33.2 Å². The number of rotatable bonds is 1. The first-order valence-electron chi connectivity index (χ1n) is 14.5. The van der Waals surface area contributed by atoms with Crippen LogP contribution >= 0.6 is 0 Å². The van der Waals surface area contributed by atoms with E-state index in [2.05, 4.69) is 127 Å². The quantitative estimate of drug-likeness (QED) is 0.120. The predicted octanol–water partition coefficient (Wildman–Crippen LogP) is 8.19. The van der Waals surface area contributed by atoms with Gasteiger partial charge in [0.05, 0.1) is 27.3 Å². The maximum absolute atomic E-state index is 5.08. The fourth-order valence-electron chi connectivity index (χ4n) is 6.49. The van der Waals surface area contributed by atoms with Crippen molar-refractivity contribution in [2.24, 2.45) is 7.05 Å². The second kappa shape index (κ2) is 8.22. The van der Waals surface area contributed by atoms with Crippen molar-refractivity contribution in [2.45, 2.75) is 73.1 Å². The number of hydrogen-bond donors (Lipinski definition) is 0. The van der Waals surface area contributed by atoms with Crippen molar-refractivity contribution < 1.29 is 4.57 Å². The lowest BCUT2D eigenvalue weighted by Gasteiger charge is -2.23. The van der Waals surface area contributed by atoms with E-state index >= 15 is 0 Å². The SMILES string of the molecule is Cc1c(C)c2c3ccccc3n3c4cc(-c5nc(C(C)(C)C)nc(C(C)(C)C)n5)cc5cc[n+](C)c(c(c1C)c23)c54. The van der Waals surface area contributed by atoms with Crippen LogP contribution in [0.3, 0.4) is 0 Å². The standard InChI is InChI=1S/C36H38N5/c1-19-20(2)27-24-13-11-12-14-25(24)41-26-18-23(32-37-33(35(4,5)6)39-34(38-32)36(7,8)9)17-22-15-16-40(10)30(29(22)26)28(21(19)3)31(27)41/h11-18H,1-10H3/q+1. The van der Waals surface area contributed by atoms with Crippen LogP contribution in [0.25, 0.3) is 60.4 Å². The van der Waals surface area contributed by atoms with Crippen molar-refractivity contribution in [2.75, 3.05) is 0 Å². The Morgan fingerprint density at radius 1 is 0.683 bits per heavy atom. The molecule has 206 valence electrons. The minimum Gasteiger partial charge on any atom is -0.307 e. The highest BCUT2D eigenvalue weighted by Gasteiger charge is 2.29. The van der Waals surface area contributed by atoms with Crippen LogP contribution < -0.4 is 4.57 Å². The van der Waals surface area contributed by atoms with Gasteiger partial charge in [-0.1, -0.05) is 59.7 Å². The molecule has 0 saturated heterocycles. The van der Waals surface area contributed by atoms with Crippen LogP contribution in [0.5, 0.6) is 0 Å². The predicted molar refractivity (Wildman–Crippen MR) is 170 cm³/mol. The third kappa shape index (κ3) is 3.54. The summed E-state index contributed by atoms with van der Waals surface area (Å²) < 4.78 is 4.79. The molecule has 4 heterocycles. The summed E-state index contributed by atoms with van der Waals surface area (Å²) in [6, 6.07) is 15.6. The molecule has 0 atom stereocenters. The maximum Gasteiger partial charge on any atom is 0.224 e. The molecule has 0 spiro atoms. The van der Waals surface area contributed by atoms with Crippen molar-refractivity contribution in [3.8, 4) is 11.4 Å². The summed E-state index contributed by atoms with van der Waals surface area (Å²) in [4.78, 5) is 15.1. The molecule has 0 radical (unpaired) electrons. The van der Waals surface area contributed by atoms with E-state index in [1.807, 2.05) is 0 Å². The molecule has 0 aliphatic rings. The van der Waals surface area contributed by atoms with E-state index in [1.54, 1.807) is 0 Å². The fourth-order valence-corrected chi connectivity index (χ4v) is 6.49. The molecule has 0 fully saturated rings. The van der Waals surface area contributed by atoms with E-state index < -0.39 is 0 Å². The first-order valence-corrected chi connectivity index (χ1v) is 14.5. The van der Waals surface area contributed by atoms with Gasteiger partial charge in [-0.15, -0.1) is 0 Å². The number of fused-ring (bicyclic) bond motifs is 5. The number of pyridine rings is 2. The van der Waals surface area contributed by atoms with Gasteiger partial charge in [-0.05, 0) is 61.0 Å². The molecule has 0 saturated carbocycles. The van der Waals surface area contributed by atoms with Gasteiger partial charge >= 0.3 is 0 Å². The maximum atomic E-state index is 5.08. The van der Waals surface area contributed by atoms with E-state index in [0.29, 0.717) is 0 Å². The van der Waals surface area contributed by atoms with Crippen molar-refractivity contribution in [3.05, 3.63) is 77.0 Å². The van der Waals surface area contributed by atoms with Gasteiger partial charge in [-0.25, -0.2) is 19.5 Å². The van der Waals surface area contributed by atoms with Gasteiger partial charge in [0.2, 0.25) is 5.52 Å². The number of para-hydroxylation sites is 1. The van der Waals surface area contributed by atoms with E-state index in [-0.39, 0.29) is 10.8 Å². The molecule has 7 rings (SSSR count). The molecular weight excluding hydrogens is 502 g/mol. The van der Waals surface area contributed by atoms with E-state index in [1.165, 1.54) is 65.7 Å². The van der Waals surface area contributed by atoms with Gasteiger partial charge in [-0.3, -0.25) is 0 Å². The van der Waals surface area contributed by atoms with Gasteiger partial charge in [0.1, 0.15) is 18.7 Å². The summed E-state index contributed by atoms with van der Waals surface area (Å²) in [7, 11) is 2.17. The second-order valence-electron chi connectivity index (χ2n) is 13.9. The molecule has 0 aliphatic carbocycles. The molecule has 0 N–H and O–H groups in total. The zero-order valence-corrected chi connectivity index (χ0v) is 25.9. The monoisotopic (exact) mass is 540 g/mol. The Hall–Kier alpha value is -4.12. The Labute approximate surface area is 241 Å². The van der Waals surface area contributed by atoms with Crippen LogP contribution in [0.1, 0.15) is 69.9 Å². The topological polar surface area (TPSA) is 47.0 Å². The fraction of sp³-hybridized carbons (Fsp3) is 0.333. The molecule has 0 unspecified atom stereocenters. The first-order chi connectivity index (χ1) is 19.3. The van der Waals surface area contributed by atoms with E-state index in [0.717, 1.165) is 23.0 Å². The van der Waals surface area contributed by atoms with Crippen LogP contribution in [0.15, 0.2) is 48.7 Å². The lowest BCUT2D eigenvalue weighted by Crippen LogP contribution is -2.29. The highest BCUT2D eigenvalue weighted by atomic mass is 15.1. The first kappa shape index (κ1) is 25.8. The normalized spacial score (nSPS) is 13.1. The Kier molecular flexibility index (Phi) is 5.18. The molecule has 0 aliphatic heterocycles. The van der Waals surface area contributed by atoms with Crippen molar-refractivity contribution in [1.82, 2.24) is 19.4 Å². The third-order valence-electron chi connectivity index (χ3n) is 8.91. The average molecular weight is 541 g/mol. The van der Waals surface area contributed by atoms with Crippen LogP contribution in [0, 0.1) is 20.8 Å². The van der Waals surface area contributed by atoms with Gasteiger partial charge < -0.3 is 4.40 Å². The number of aryl methyl sites for hydroxylation is 3. The van der Waals surface area contributed by atoms with Gasteiger partial charge in [0.25, 0.3) is 0 Å². The average Bonchev–Trinajstić information content (AvgIpc) is 3.27.